The molecule has 0 saturated carbocycles. The second kappa shape index (κ2) is 11.4. The third-order valence-electron chi connectivity index (χ3n) is 5.52. The van der Waals surface area contributed by atoms with Crippen molar-refractivity contribution in [2.75, 3.05) is 11.5 Å². The van der Waals surface area contributed by atoms with Gasteiger partial charge in [0.15, 0.2) is 5.78 Å². The van der Waals surface area contributed by atoms with E-state index in [0.717, 1.165) is 24.3 Å². The molecule has 2 unspecified atom stereocenters. The van der Waals surface area contributed by atoms with E-state index in [1.807, 2.05) is 0 Å². The van der Waals surface area contributed by atoms with Gasteiger partial charge in [0.05, 0.1) is 23.8 Å². The number of amides is 1. The molecule has 0 aliphatic carbocycles. The first kappa shape index (κ1) is 26.3. The van der Waals surface area contributed by atoms with E-state index in [1.165, 1.54) is 29.2 Å². The molecule has 0 fully saturated rings. The van der Waals surface area contributed by atoms with Crippen LogP contribution in [0, 0.1) is 5.92 Å². The molecule has 36 heavy (non-hydrogen) atoms. The van der Waals surface area contributed by atoms with Gasteiger partial charge in [0, 0.05) is 11.3 Å². The van der Waals surface area contributed by atoms with Crippen molar-refractivity contribution in [2.24, 2.45) is 5.92 Å². The second-order valence-corrected chi connectivity index (χ2v) is 7.74. The normalized spacial score (nSPS) is 12.8. The van der Waals surface area contributed by atoms with Crippen molar-refractivity contribution >= 4 is 30.1 Å². The molecule has 186 valence electrons. The van der Waals surface area contributed by atoms with Crippen molar-refractivity contribution in [1.29, 1.82) is 0 Å². The molecule has 0 aromatic heterocycles. The Hall–Kier alpha value is -4.27. The third-order valence-corrected chi connectivity index (χ3v) is 5.52. The van der Waals surface area contributed by atoms with E-state index in [9.17, 15) is 32.3 Å². The van der Waals surface area contributed by atoms with Gasteiger partial charge in [0.2, 0.25) is 6.41 Å². The molecule has 0 aliphatic rings. The molecule has 2 atom stereocenters. The Kier molecular flexibility index (Phi) is 8.37. The Morgan fingerprint density at radius 1 is 0.889 bits per heavy atom. The maximum atomic E-state index is 13.3. The number of ketones is 1. The Bertz CT molecular complexity index is 1210. The largest absolute Gasteiger partial charge is 0.462 e. The number of Topliss-reactive ketones (excluding diaryl/α,β-unsaturated/α-hetero) is 1. The van der Waals surface area contributed by atoms with Gasteiger partial charge in [0.25, 0.3) is 0 Å². The first-order chi connectivity index (χ1) is 17.2. The summed E-state index contributed by atoms with van der Waals surface area (Å²) in [7, 11) is 0. The van der Waals surface area contributed by atoms with E-state index in [1.54, 1.807) is 37.3 Å². The fourth-order valence-corrected chi connectivity index (χ4v) is 3.76. The van der Waals surface area contributed by atoms with E-state index in [-0.39, 0.29) is 17.7 Å². The fraction of sp³-hybridized carbons (Fsp3) is 0.185. The van der Waals surface area contributed by atoms with E-state index in [4.69, 9.17) is 4.74 Å². The topological polar surface area (TPSA) is 80.8 Å². The van der Waals surface area contributed by atoms with Gasteiger partial charge in [-0.3, -0.25) is 9.59 Å². The summed E-state index contributed by atoms with van der Waals surface area (Å²) in [5.74, 6) is -2.73. The average Bonchev–Trinajstić information content (AvgIpc) is 2.89. The Balaban J connectivity index is 2.03. The predicted molar refractivity (Wildman–Crippen MR) is 125 cm³/mol. The van der Waals surface area contributed by atoms with Gasteiger partial charge in [-0.2, -0.15) is 13.2 Å². The van der Waals surface area contributed by atoms with Crippen LogP contribution in [0.15, 0.2) is 78.9 Å². The molecule has 0 heterocycles. The first-order valence-electron chi connectivity index (χ1n) is 10.9. The number of halogens is 3. The van der Waals surface area contributed by atoms with Crippen LogP contribution in [0.5, 0.6) is 0 Å². The summed E-state index contributed by atoms with van der Waals surface area (Å²) in [6.45, 7) is 1.85. The Morgan fingerprint density at radius 2 is 1.47 bits per heavy atom. The maximum absolute atomic E-state index is 13.3. The van der Waals surface area contributed by atoms with Crippen molar-refractivity contribution in [3.05, 3.63) is 101 Å². The van der Waals surface area contributed by atoms with Crippen LogP contribution in [-0.4, -0.2) is 31.1 Å². The number of alkyl halides is 3. The molecule has 0 bridgehead atoms. The number of carbonyl (C=O) groups is 4. The summed E-state index contributed by atoms with van der Waals surface area (Å²) < 4.78 is 43.8. The molecule has 0 spiro atoms. The van der Waals surface area contributed by atoms with Crippen LogP contribution in [0.25, 0.3) is 0 Å². The fourth-order valence-electron chi connectivity index (χ4n) is 3.76. The molecular formula is C27H22F3NO5. The number of nitrogens with zero attached hydrogens (tertiary/aromatic N) is 1. The zero-order valence-electron chi connectivity index (χ0n) is 19.1. The second-order valence-electron chi connectivity index (χ2n) is 7.74. The third kappa shape index (κ3) is 5.86. The molecule has 0 saturated heterocycles. The number of ether oxygens (including phenoxy) is 1. The first-order valence-corrected chi connectivity index (χ1v) is 10.9. The monoisotopic (exact) mass is 497 g/mol. The quantitative estimate of drug-likeness (QED) is 0.165. The van der Waals surface area contributed by atoms with Crippen LogP contribution < -0.4 is 4.90 Å². The minimum atomic E-state index is -4.58. The zero-order valence-corrected chi connectivity index (χ0v) is 19.1. The zero-order chi connectivity index (χ0) is 26.3. The van der Waals surface area contributed by atoms with Crippen molar-refractivity contribution in [3.8, 4) is 0 Å². The minimum absolute atomic E-state index is 0.107. The van der Waals surface area contributed by atoms with Gasteiger partial charge in [-0.25, -0.2) is 4.79 Å². The van der Waals surface area contributed by atoms with Crippen molar-refractivity contribution < 1.29 is 37.1 Å². The van der Waals surface area contributed by atoms with Crippen molar-refractivity contribution in [2.45, 2.75) is 19.1 Å². The van der Waals surface area contributed by atoms with Gasteiger partial charge in [0.1, 0.15) is 12.2 Å². The van der Waals surface area contributed by atoms with E-state index >= 15 is 0 Å². The number of hydrogen-bond donors (Lipinski definition) is 0. The van der Waals surface area contributed by atoms with Gasteiger partial charge < -0.3 is 14.4 Å². The lowest BCUT2D eigenvalue weighted by Gasteiger charge is -2.32. The predicted octanol–water partition coefficient (Wildman–Crippen LogP) is 5.28. The number of hydrogen-bond acceptors (Lipinski definition) is 5. The van der Waals surface area contributed by atoms with Gasteiger partial charge in [-0.1, -0.05) is 42.5 Å². The standard InChI is InChI=1S/C27H22F3NO5/c1-2-36-26(35)20-10-14-22(15-11-20)31(17-33)24(18-6-4-3-5-7-18)23(16-32)25(34)19-8-12-21(13-9-19)27(28,29)30/h3-17,23-24H,2H2,1H3. The Labute approximate surface area is 205 Å². The van der Waals surface area contributed by atoms with Crippen LogP contribution in [0.3, 0.4) is 0 Å². The molecule has 3 aromatic carbocycles. The number of benzene rings is 3. The van der Waals surface area contributed by atoms with Crippen LogP contribution in [0.1, 0.15) is 44.8 Å². The number of anilines is 1. The number of aldehydes is 1. The summed E-state index contributed by atoms with van der Waals surface area (Å²) in [4.78, 5) is 50.9. The van der Waals surface area contributed by atoms with E-state index < -0.39 is 35.5 Å². The lowest BCUT2D eigenvalue weighted by atomic mass is 9.86. The van der Waals surface area contributed by atoms with Gasteiger partial charge in [-0.05, 0) is 48.9 Å². The molecule has 0 radical (unpaired) electrons. The number of carbonyl (C=O) groups excluding carboxylic acids is 4. The highest BCUT2D eigenvalue weighted by Gasteiger charge is 2.36. The molecule has 3 rings (SSSR count). The highest BCUT2D eigenvalue weighted by molar-refractivity contribution is 6.06. The summed E-state index contributed by atoms with van der Waals surface area (Å²) in [6, 6.07) is 16.6. The van der Waals surface area contributed by atoms with Crippen molar-refractivity contribution in [3.63, 3.8) is 0 Å². The molecule has 0 N–H and O–H groups in total. The van der Waals surface area contributed by atoms with Crippen LogP contribution in [0.2, 0.25) is 0 Å². The van der Waals surface area contributed by atoms with E-state index in [2.05, 4.69) is 0 Å². The highest BCUT2D eigenvalue weighted by Crippen LogP contribution is 2.34. The minimum Gasteiger partial charge on any atom is -0.462 e. The lowest BCUT2D eigenvalue weighted by Crippen LogP contribution is -2.37. The smallest absolute Gasteiger partial charge is 0.416 e. The van der Waals surface area contributed by atoms with Crippen LogP contribution in [0.4, 0.5) is 18.9 Å². The molecule has 6 nitrogen and oxygen atoms in total. The van der Waals surface area contributed by atoms with Crippen LogP contribution >= 0.6 is 0 Å². The van der Waals surface area contributed by atoms with Gasteiger partial charge in [-0.15, -0.1) is 0 Å². The number of rotatable bonds is 10. The number of esters is 1. The SMILES string of the molecule is CCOC(=O)c1ccc(N(C=O)C(c2ccccc2)C(C=O)C(=O)c2ccc(C(F)(F)F)cc2)cc1. The maximum Gasteiger partial charge on any atom is 0.416 e. The van der Waals surface area contributed by atoms with E-state index in [0.29, 0.717) is 23.9 Å². The molecule has 9 heteroatoms. The Morgan fingerprint density at radius 3 is 1.97 bits per heavy atom. The van der Waals surface area contributed by atoms with Gasteiger partial charge >= 0.3 is 12.1 Å². The molecule has 0 aliphatic heterocycles. The summed E-state index contributed by atoms with van der Waals surface area (Å²) in [5.41, 5.74) is -0.0482. The average molecular weight is 497 g/mol. The molecular weight excluding hydrogens is 475 g/mol. The summed E-state index contributed by atoms with van der Waals surface area (Å²) >= 11 is 0. The molecule has 3 aromatic rings. The van der Waals surface area contributed by atoms with Crippen LogP contribution in [-0.2, 0) is 20.5 Å². The summed E-state index contributed by atoms with van der Waals surface area (Å²) in [6.07, 6.45) is -3.75. The van der Waals surface area contributed by atoms with Crippen molar-refractivity contribution in [1.82, 2.24) is 0 Å². The highest BCUT2D eigenvalue weighted by atomic mass is 19.4. The molecule has 1 amide bonds. The summed E-state index contributed by atoms with van der Waals surface area (Å²) in [5, 5.41) is 0. The lowest BCUT2D eigenvalue weighted by molar-refractivity contribution is -0.137.